The number of anilines is 1. The summed E-state index contributed by atoms with van der Waals surface area (Å²) in [5, 5.41) is 11.5. The van der Waals surface area contributed by atoms with Crippen LogP contribution in [0.2, 0.25) is 0 Å². The number of hydrogen-bond acceptors (Lipinski definition) is 5. The van der Waals surface area contributed by atoms with Gasteiger partial charge in [-0.15, -0.1) is 0 Å². The lowest BCUT2D eigenvalue weighted by Gasteiger charge is -2.29. The summed E-state index contributed by atoms with van der Waals surface area (Å²) in [6.07, 6.45) is 6.52. The van der Waals surface area contributed by atoms with Gasteiger partial charge in [0.2, 0.25) is 0 Å². The van der Waals surface area contributed by atoms with Crippen LogP contribution in [-0.4, -0.2) is 33.6 Å². The Hall–Kier alpha value is -1.85. The molecule has 19 heavy (non-hydrogen) atoms. The molecule has 0 aliphatic carbocycles. The second kappa shape index (κ2) is 7.56. The van der Waals surface area contributed by atoms with Crippen LogP contribution in [0.5, 0.6) is 0 Å². The van der Waals surface area contributed by atoms with Crippen molar-refractivity contribution in [3.63, 3.8) is 0 Å². The third kappa shape index (κ3) is 4.08. The van der Waals surface area contributed by atoms with Crippen molar-refractivity contribution in [2.75, 3.05) is 11.4 Å². The molecule has 1 aromatic rings. The number of rotatable bonds is 7. The number of nitrogens with two attached hydrogens (primary N) is 1. The Bertz CT molecular complexity index is 404. The van der Waals surface area contributed by atoms with E-state index in [2.05, 4.69) is 40.8 Å². The maximum atomic E-state index is 8.59. The van der Waals surface area contributed by atoms with E-state index in [1.54, 1.807) is 6.20 Å². The van der Waals surface area contributed by atoms with E-state index in [0.29, 0.717) is 11.7 Å². The van der Waals surface area contributed by atoms with Crippen LogP contribution in [0.3, 0.4) is 0 Å². The van der Waals surface area contributed by atoms with Gasteiger partial charge in [-0.1, -0.05) is 25.4 Å². The first-order chi connectivity index (χ1) is 9.13. The van der Waals surface area contributed by atoms with Gasteiger partial charge < -0.3 is 15.8 Å². The van der Waals surface area contributed by atoms with Crippen molar-refractivity contribution in [3.05, 3.63) is 18.1 Å². The molecule has 1 heterocycles. The van der Waals surface area contributed by atoms with E-state index in [1.165, 1.54) is 6.20 Å². The van der Waals surface area contributed by atoms with Crippen LogP contribution in [-0.2, 0) is 0 Å². The van der Waals surface area contributed by atoms with E-state index in [-0.39, 0.29) is 5.84 Å². The van der Waals surface area contributed by atoms with Crippen LogP contribution in [0.15, 0.2) is 17.5 Å². The predicted octanol–water partition coefficient (Wildman–Crippen LogP) is 1.98. The number of unbranched alkanes of at least 4 members (excludes halogenated alkanes) is 1. The number of hydrogen-bond donors (Lipinski definition) is 2. The van der Waals surface area contributed by atoms with E-state index < -0.39 is 0 Å². The van der Waals surface area contributed by atoms with Crippen molar-refractivity contribution in [1.82, 2.24) is 9.97 Å². The Labute approximate surface area is 114 Å². The van der Waals surface area contributed by atoms with Crippen LogP contribution >= 0.6 is 0 Å². The molecule has 0 saturated carbocycles. The molecule has 0 fully saturated rings. The standard InChI is InChI=1S/C13H23N5O/c1-4-6-7-18(10(3)5-2)12-9-15-11(8-16-12)13(14)17-19/h8-10,19H,4-7H2,1-3H3,(H2,14,17). The molecule has 1 rings (SSSR count). The molecular weight excluding hydrogens is 242 g/mol. The fraction of sp³-hybridized carbons (Fsp3) is 0.615. The molecule has 0 saturated heterocycles. The van der Waals surface area contributed by atoms with Crippen molar-refractivity contribution in [2.45, 2.75) is 46.1 Å². The minimum Gasteiger partial charge on any atom is -0.409 e. The molecule has 0 amide bonds. The normalized spacial score (nSPS) is 13.3. The molecule has 106 valence electrons. The topological polar surface area (TPSA) is 87.6 Å². The zero-order valence-corrected chi connectivity index (χ0v) is 11.9. The van der Waals surface area contributed by atoms with Crippen molar-refractivity contribution in [2.24, 2.45) is 10.9 Å². The van der Waals surface area contributed by atoms with Crippen LogP contribution in [0.4, 0.5) is 5.82 Å². The SMILES string of the molecule is CCCCN(c1cnc(C(N)=NO)cn1)C(C)CC. The molecular formula is C13H23N5O. The molecule has 3 N–H and O–H groups in total. The van der Waals surface area contributed by atoms with Crippen molar-refractivity contribution in [3.8, 4) is 0 Å². The quantitative estimate of drug-likeness (QED) is 0.340. The fourth-order valence-electron chi connectivity index (χ4n) is 1.76. The van der Waals surface area contributed by atoms with Crippen LogP contribution in [0, 0.1) is 0 Å². The van der Waals surface area contributed by atoms with Crippen molar-refractivity contribution in [1.29, 1.82) is 0 Å². The Morgan fingerprint density at radius 1 is 1.42 bits per heavy atom. The number of oxime groups is 1. The van der Waals surface area contributed by atoms with Gasteiger partial charge in [0.15, 0.2) is 5.84 Å². The van der Waals surface area contributed by atoms with Gasteiger partial charge >= 0.3 is 0 Å². The number of aromatic nitrogens is 2. The smallest absolute Gasteiger partial charge is 0.190 e. The van der Waals surface area contributed by atoms with Crippen molar-refractivity contribution < 1.29 is 5.21 Å². The number of nitrogens with zero attached hydrogens (tertiary/aromatic N) is 4. The Morgan fingerprint density at radius 3 is 2.63 bits per heavy atom. The summed E-state index contributed by atoms with van der Waals surface area (Å²) in [5.41, 5.74) is 5.85. The largest absolute Gasteiger partial charge is 0.409 e. The number of amidine groups is 1. The van der Waals surface area contributed by atoms with E-state index in [1.807, 2.05) is 0 Å². The van der Waals surface area contributed by atoms with Gasteiger partial charge in [0.1, 0.15) is 11.5 Å². The van der Waals surface area contributed by atoms with Gasteiger partial charge in [-0.05, 0) is 19.8 Å². The summed E-state index contributed by atoms with van der Waals surface area (Å²) >= 11 is 0. The van der Waals surface area contributed by atoms with Crippen LogP contribution in [0.25, 0.3) is 0 Å². The van der Waals surface area contributed by atoms with Gasteiger partial charge in [-0.3, -0.25) is 0 Å². The zero-order valence-electron chi connectivity index (χ0n) is 11.9. The molecule has 0 bridgehead atoms. The third-order valence-corrected chi connectivity index (χ3v) is 3.18. The average molecular weight is 265 g/mol. The lowest BCUT2D eigenvalue weighted by Crippen LogP contribution is -2.34. The van der Waals surface area contributed by atoms with Crippen LogP contribution in [0.1, 0.15) is 45.7 Å². The molecule has 0 aliphatic rings. The Balaban J connectivity index is 2.90. The first kappa shape index (κ1) is 15.2. The first-order valence-electron chi connectivity index (χ1n) is 6.70. The van der Waals surface area contributed by atoms with Gasteiger partial charge in [0, 0.05) is 12.6 Å². The van der Waals surface area contributed by atoms with E-state index in [9.17, 15) is 0 Å². The fourth-order valence-corrected chi connectivity index (χ4v) is 1.76. The molecule has 1 atom stereocenters. The minimum absolute atomic E-state index is 0.0253. The maximum Gasteiger partial charge on any atom is 0.190 e. The maximum absolute atomic E-state index is 8.59. The highest BCUT2D eigenvalue weighted by molar-refractivity contribution is 5.94. The third-order valence-electron chi connectivity index (χ3n) is 3.18. The predicted molar refractivity (Wildman–Crippen MR) is 76.5 cm³/mol. The first-order valence-corrected chi connectivity index (χ1v) is 6.70. The van der Waals surface area contributed by atoms with E-state index >= 15 is 0 Å². The molecule has 1 aromatic heterocycles. The summed E-state index contributed by atoms with van der Waals surface area (Å²) < 4.78 is 0. The molecule has 1 unspecified atom stereocenters. The highest BCUT2D eigenvalue weighted by atomic mass is 16.4. The summed E-state index contributed by atoms with van der Waals surface area (Å²) in [5.74, 6) is 0.806. The molecule has 6 nitrogen and oxygen atoms in total. The highest BCUT2D eigenvalue weighted by Gasteiger charge is 2.14. The highest BCUT2D eigenvalue weighted by Crippen LogP contribution is 2.15. The molecule has 0 aliphatic heterocycles. The molecule has 6 heteroatoms. The zero-order chi connectivity index (χ0) is 14.3. The van der Waals surface area contributed by atoms with E-state index in [4.69, 9.17) is 10.9 Å². The minimum atomic E-state index is -0.0253. The lowest BCUT2D eigenvalue weighted by atomic mass is 10.2. The van der Waals surface area contributed by atoms with Crippen LogP contribution < -0.4 is 10.6 Å². The monoisotopic (exact) mass is 265 g/mol. The summed E-state index contributed by atoms with van der Waals surface area (Å²) in [6, 6.07) is 0.413. The summed E-state index contributed by atoms with van der Waals surface area (Å²) in [7, 11) is 0. The van der Waals surface area contributed by atoms with Crippen molar-refractivity contribution >= 4 is 11.7 Å². The van der Waals surface area contributed by atoms with E-state index in [0.717, 1.165) is 31.6 Å². The summed E-state index contributed by atoms with van der Waals surface area (Å²) in [6.45, 7) is 7.46. The Morgan fingerprint density at radius 2 is 2.16 bits per heavy atom. The average Bonchev–Trinajstić information content (AvgIpc) is 2.47. The summed E-state index contributed by atoms with van der Waals surface area (Å²) in [4.78, 5) is 10.8. The van der Waals surface area contributed by atoms with Gasteiger partial charge in [-0.25, -0.2) is 9.97 Å². The Kier molecular flexibility index (Phi) is 6.05. The molecule has 0 spiro atoms. The second-order valence-corrected chi connectivity index (χ2v) is 4.55. The van der Waals surface area contributed by atoms with Gasteiger partial charge in [-0.2, -0.15) is 0 Å². The molecule has 0 radical (unpaired) electrons. The second-order valence-electron chi connectivity index (χ2n) is 4.55. The van der Waals surface area contributed by atoms with Gasteiger partial charge in [0.25, 0.3) is 0 Å². The lowest BCUT2D eigenvalue weighted by molar-refractivity contribution is 0.318. The van der Waals surface area contributed by atoms with Gasteiger partial charge in [0.05, 0.1) is 12.4 Å². The molecule has 0 aromatic carbocycles.